The van der Waals surface area contributed by atoms with Crippen molar-refractivity contribution >= 4 is 34.8 Å². The number of fused-ring (bicyclic) bond motifs is 1. The lowest BCUT2D eigenvalue weighted by Gasteiger charge is -2.31. The van der Waals surface area contributed by atoms with Gasteiger partial charge in [-0.2, -0.15) is 0 Å². The molecule has 0 spiro atoms. The number of amides is 1. The number of unbranched alkanes of at least 4 members (excludes halogenated alkanes) is 1. The van der Waals surface area contributed by atoms with Crippen LogP contribution < -0.4 is 16.0 Å². The second kappa shape index (κ2) is 10.7. The fourth-order valence-corrected chi connectivity index (χ4v) is 3.59. The number of anilines is 3. The molecule has 4 N–H and O–H groups in total. The molecule has 0 bridgehead atoms. The molecule has 168 valence electrons. The van der Waals surface area contributed by atoms with Gasteiger partial charge in [0, 0.05) is 24.8 Å². The number of hydrogen-bond donors (Lipinski definition) is 3. The highest BCUT2D eigenvalue weighted by Gasteiger charge is 2.25. The Hall–Kier alpha value is -2.49. The monoisotopic (exact) mass is 451 g/mol. The molecular formula is C21H27ClFN5O3. The molecule has 3 heterocycles. The minimum absolute atomic E-state index is 0.0164. The van der Waals surface area contributed by atoms with Gasteiger partial charge in [-0.3, -0.25) is 4.79 Å². The third kappa shape index (κ3) is 6.03. The van der Waals surface area contributed by atoms with E-state index in [0.717, 1.165) is 38.0 Å². The highest BCUT2D eigenvalue weighted by atomic mass is 35.5. The van der Waals surface area contributed by atoms with Crippen molar-refractivity contribution in [1.29, 1.82) is 0 Å². The van der Waals surface area contributed by atoms with Gasteiger partial charge in [-0.1, -0.05) is 24.9 Å². The smallest absolute Gasteiger partial charge is 0.243 e. The van der Waals surface area contributed by atoms with Crippen LogP contribution >= 0.6 is 11.6 Å². The van der Waals surface area contributed by atoms with Crippen molar-refractivity contribution in [3.8, 4) is 11.3 Å². The van der Waals surface area contributed by atoms with Crippen LogP contribution in [-0.4, -0.2) is 53.4 Å². The van der Waals surface area contributed by atoms with E-state index in [1.807, 2.05) is 4.90 Å². The molecule has 2 aliphatic rings. The first-order valence-electron chi connectivity index (χ1n) is 10.3. The molecular weight excluding hydrogens is 425 g/mol. The summed E-state index contributed by atoms with van der Waals surface area (Å²) in [5.41, 5.74) is 7.24. The molecule has 0 saturated carbocycles. The Bertz CT molecular complexity index is 924. The van der Waals surface area contributed by atoms with Crippen LogP contribution in [0.25, 0.3) is 11.3 Å². The predicted octanol–water partition coefficient (Wildman–Crippen LogP) is 3.23. The highest BCUT2D eigenvalue weighted by Crippen LogP contribution is 2.37. The number of carbonyl (C=O) groups excluding carboxylic acids is 1. The number of nitrogens with two attached hydrogens (primary N) is 1. The number of halogens is 2. The lowest BCUT2D eigenvalue weighted by molar-refractivity contribution is -0.115. The van der Waals surface area contributed by atoms with Crippen LogP contribution in [0.15, 0.2) is 18.3 Å². The molecule has 2 aromatic rings. The zero-order valence-corrected chi connectivity index (χ0v) is 18.2. The first kappa shape index (κ1) is 23.2. The van der Waals surface area contributed by atoms with Crippen molar-refractivity contribution < 1.29 is 19.0 Å². The maximum atomic E-state index is 14.6. The largest absolute Gasteiger partial charge is 0.391 e. The van der Waals surface area contributed by atoms with E-state index in [1.54, 1.807) is 6.07 Å². The van der Waals surface area contributed by atoms with Crippen molar-refractivity contribution in [3.63, 3.8) is 0 Å². The molecule has 2 aliphatic heterocycles. The number of hydrogen-bond acceptors (Lipinski definition) is 7. The van der Waals surface area contributed by atoms with Gasteiger partial charge in [-0.25, -0.2) is 14.4 Å². The summed E-state index contributed by atoms with van der Waals surface area (Å²) >= 11 is 6.10. The van der Waals surface area contributed by atoms with Gasteiger partial charge in [0.2, 0.25) is 11.9 Å². The van der Waals surface area contributed by atoms with Gasteiger partial charge in [-0.05, 0) is 25.3 Å². The number of benzene rings is 1. The van der Waals surface area contributed by atoms with Gasteiger partial charge < -0.3 is 25.8 Å². The fourth-order valence-electron chi connectivity index (χ4n) is 3.40. The second-order valence-corrected chi connectivity index (χ2v) is 7.88. The van der Waals surface area contributed by atoms with Gasteiger partial charge in [0.1, 0.15) is 5.82 Å². The lowest BCUT2D eigenvalue weighted by atomic mass is 10.1. The van der Waals surface area contributed by atoms with Gasteiger partial charge in [0.15, 0.2) is 0 Å². The standard InChI is InChI=1S/C16H17ClFN5O.C5H10O2/c1-2-3-4-23-8-14(24)21-12-6-11(18)9(5-13(12)23)15-10(17)7-20-16(19)22-15;6-5-2-1-3-7-4-5/h5-7H,2-4,8H2,1H3,(H,21,24)(H2,19,20,22);5-6H,1-4H2. The quantitative estimate of drug-likeness (QED) is 0.653. The minimum Gasteiger partial charge on any atom is -0.391 e. The SMILES string of the molecule is CCCCN1CC(=O)Nc2cc(F)c(-c3nc(N)ncc3Cl)cc21.OC1CCCOC1. The van der Waals surface area contributed by atoms with Crippen LogP contribution in [0.2, 0.25) is 5.02 Å². The summed E-state index contributed by atoms with van der Waals surface area (Å²) < 4.78 is 19.5. The van der Waals surface area contributed by atoms with Crippen molar-refractivity contribution in [2.75, 3.05) is 42.3 Å². The van der Waals surface area contributed by atoms with Crippen LogP contribution in [0.5, 0.6) is 0 Å². The van der Waals surface area contributed by atoms with Gasteiger partial charge >= 0.3 is 0 Å². The number of nitrogens with zero attached hydrogens (tertiary/aromatic N) is 3. The Morgan fingerprint density at radius 2 is 2.26 bits per heavy atom. The predicted molar refractivity (Wildman–Crippen MR) is 119 cm³/mol. The third-order valence-electron chi connectivity index (χ3n) is 4.97. The number of rotatable bonds is 4. The molecule has 1 saturated heterocycles. The molecule has 4 rings (SSSR count). The van der Waals surface area contributed by atoms with Crippen LogP contribution in [-0.2, 0) is 9.53 Å². The molecule has 1 aromatic carbocycles. The number of nitrogen functional groups attached to an aromatic ring is 1. The van der Waals surface area contributed by atoms with Crippen molar-refractivity contribution in [2.24, 2.45) is 0 Å². The van der Waals surface area contributed by atoms with Gasteiger partial charge in [0.05, 0.1) is 47.5 Å². The first-order chi connectivity index (χ1) is 14.9. The molecule has 10 heteroatoms. The highest BCUT2D eigenvalue weighted by molar-refractivity contribution is 6.33. The minimum atomic E-state index is -0.536. The summed E-state index contributed by atoms with van der Waals surface area (Å²) in [6, 6.07) is 2.93. The number of ether oxygens (including phenoxy) is 1. The topological polar surface area (TPSA) is 114 Å². The molecule has 31 heavy (non-hydrogen) atoms. The van der Waals surface area contributed by atoms with E-state index in [0.29, 0.717) is 18.8 Å². The lowest BCUT2D eigenvalue weighted by Crippen LogP contribution is -2.38. The molecule has 0 radical (unpaired) electrons. The van der Waals surface area contributed by atoms with Crippen LogP contribution in [0.1, 0.15) is 32.6 Å². The molecule has 1 fully saturated rings. The second-order valence-electron chi connectivity index (χ2n) is 7.47. The van der Waals surface area contributed by atoms with Gasteiger partial charge in [0.25, 0.3) is 0 Å². The number of aliphatic hydroxyl groups excluding tert-OH is 1. The maximum Gasteiger partial charge on any atom is 0.243 e. The molecule has 1 amide bonds. The zero-order chi connectivity index (χ0) is 22.4. The van der Waals surface area contributed by atoms with Crippen LogP contribution in [0.4, 0.5) is 21.7 Å². The summed E-state index contributed by atoms with van der Waals surface area (Å²) in [5, 5.41) is 11.7. The number of aromatic nitrogens is 2. The summed E-state index contributed by atoms with van der Waals surface area (Å²) in [5.74, 6) is -0.677. The van der Waals surface area contributed by atoms with E-state index in [9.17, 15) is 9.18 Å². The van der Waals surface area contributed by atoms with E-state index in [2.05, 4.69) is 22.2 Å². The van der Waals surface area contributed by atoms with Crippen molar-refractivity contribution in [2.45, 2.75) is 38.7 Å². The Balaban J connectivity index is 0.000000330. The third-order valence-corrected chi connectivity index (χ3v) is 5.25. The molecule has 1 aromatic heterocycles. The number of nitrogens with one attached hydrogen (secondary N) is 1. The van der Waals surface area contributed by atoms with E-state index in [4.69, 9.17) is 27.2 Å². The van der Waals surface area contributed by atoms with E-state index >= 15 is 0 Å². The Kier molecular flexibility index (Phi) is 8.00. The average molecular weight is 452 g/mol. The summed E-state index contributed by atoms with van der Waals surface area (Å²) in [6.45, 7) is 4.39. The average Bonchev–Trinajstić information content (AvgIpc) is 2.74. The molecule has 1 atom stereocenters. The summed E-state index contributed by atoms with van der Waals surface area (Å²) in [6.07, 6.45) is 5.01. The summed E-state index contributed by atoms with van der Waals surface area (Å²) in [4.78, 5) is 21.6. The Labute approximate surface area is 185 Å². The van der Waals surface area contributed by atoms with Crippen molar-refractivity contribution in [1.82, 2.24) is 9.97 Å². The first-order valence-corrected chi connectivity index (χ1v) is 10.7. The van der Waals surface area contributed by atoms with Gasteiger partial charge in [-0.15, -0.1) is 0 Å². The molecule has 8 nitrogen and oxygen atoms in total. The van der Waals surface area contributed by atoms with Crippen LogP contribution in [0, 0.1) is 5.82 Å². The fraction of sp³-hybridized carbons (Fsp3) is 0.476. The summed E-state index contributed by atoms with van der Waals surface area (Å²) in [7, 11) is 0. The van der Waals surface area contributed by atoms with E-state index < -0.39 is 5.82 Å². The van der Waals surface area contributed by atoms with E-state index in [-0.39, 0.29) is 40.8 Å². The zero-order valence-electron chi connectivity index (χ0n) is 17.4. The molecule has 1 unspecified atom stereocenters. The van der Waals surface area contributed by atoms with Crippen molar-refractivity contribution in [3.05, 3.63) is 29.2 Å². The normalized spacial score (nSPS) is 18.0. The maximum absolute atomic E-state index is 14.6. The Morgan fingerprint density at radius 3 is 2.90 bits per heavy atom. The molecule has 0 aliphatic carbocycles. The number of aliphatic hydroxyl groups is 1. The van der Waals surface area contributed by atoms with E-state index in [1.165, 1.54) is 12.3 Å². The number of carbonyl (C=O) groups is 1. The Morgan fingerprint density at radius 1 is 1.45 bits per heavy atom. The van der Waals surface area contributed by atoms with Crippen LogP contribution in [0.3, 0.4) is 0 Å².